The molecule has 6 nitrogen and oxygen atoms in total. The summed E-state index contributed by atoms with van der Waals surface area (Å²) in [6.07, 6.45) is 0. The zero-order valence-electron chi connectivity index (χ0n) is 16.6. The highest BCUT2D eigenvalue weighted by atomic mass is 16.5. The Bertz CT molecular complexity index is 1050. The number of rotatable bonds is 7. The number of benzene rings is 3. The maximum Gasteiger partial charge on any atom is 0.338 e. The van der Waals surface area contributed by atoms with Crippen molar-refractivity contribution in [2.45, 2.75) is 13.5 Å². The van der Waals surface area contributed by atoms with E-state index in [1.165, 1.54) is 0 Å². The lowest BCUT2D eigenvalue weighted by atomic mass is 10.1. The molecule has 0 unspecified atom stereocenters. The maximum absolute atomic E-state index is 12.6. The monoisotopic (exact) mass is 402 g/mol. The van der Waals surface area contributed by atoms with Crippen LogP contribution in [0, 0.1) is 6.92 Å². The Kier molecular flexibility index (Phi) is 6.95. The topological polar surface area (TPSA) is 84.5 Å². The fourth-order valence-electron chi connectivity index (χ4n) is 2.84. The summed E-state index contributed by atoms with van der Waals surface area (Å²) in [6, 6.07) is 23.1. The van der Waals surface area contributed by atoms with Gasteiger partial charge in [0.05, 0.1) is 16.8 Å². The van der Waals surface area contributed by atoms with Gasteiger partial charge < -0.3 is 15.4 Å². The summed E-state index contributed by atoms with van der Waals surface area (Å²) in [5.41, 5.74) is 2.94. The molecule has 0 radical (unpaired) electrons. The van der Waals surface area contributed by atoms with E-state index in [9.17, 15) is 14.4 Å². The van der Waals surface area contributed by atoms with Crippen LogP contribution in [0.3, 0.4) is 0 Å². The van der Waals surface area contributed by atoms with Crippen LogP contribution in [0.5, 0.6) is 0 Å². The molecule has 0 heterocycles. The molecule has 0 fully saturated rings. The van der Waals surface area contributed by atoms with Crippen LogP contribution in [-0.2, 0) is 16.1 Å². The molecule has 3 aromatic rings. The number of carbonyl (C=O) groups is 3. The Morgan fingerprint density at radius 1 is 0.867 bits per heavy atom. The van der Waals surface area contributed by atoms with Gasteiger partial charge in [-0.1, -0.05) is 60.2 Å². The highest BCUT2D eigenvalue weighted by Gasteiger charge is 2.15. The summed E-state index contributed by atoms with van der Waals surface area (Å²) in [4.78, 5) is 36.9. The van der Waals surface area contributed by atoms with Crippen molar-refractivity contribution in [2.24, 2.45) is 0 Å². The molecule has 6 heteroatoms. The zero-order valence-corrected chi connectivity index (χ0v) is 16.6. The average Bonchev–Trinajstić information content (AvgIpc) is 2.77. The Hall–Kier alpha value is -3.93. The third kappa shape index (κ3) is 5.78. The fraction of sp³-hybridized carbons (Fsp3) is 0.125. The Morgan fingerprint density at radius 2 is 1.60 bits per heavy atom. The highest BCUT2D eigenvalue weighted by molar-refractivity contribution is 6.04. The van der Waals surface area contributed by atoms with Crippen molar-refractivity contribution < 1.29 is 19.1 Å². The third-order valence-electron chi connectivity index (χ3n) is 4.33. The number of carbonyl (C=O) groups excluding carboxylic acids is 3. The first-order valence-electron chi connectivity index (χ1n) is 9.48. The first kappa shape index (κ1) is 20.8. The van der Waals surface area contributed by atoms with Crippen molar-refractivity contribution in [3.8, 4) is 0 Å². The molecule has 0 aromatic heterocycles. The second-order valence-electron chi connectivity index (χ2n) is 6.71. The second-order valence-corrected chi connectivity index (χ2v) is 6.71. The molecule has 30 heavy (non-hydrogen) atoms. The molecule has 0 saturated carbocycles. The molecule has 0 aliphatic rings. The summed E-state index contributed by atoms with van der Waals surface area (Å²) < 4.78 is 5.07. The third-order valence-corrected chi connectivity index (χ3v) is 4.33. The van der Waals surface area contributed by atoms with Crippen LogP contribution in [0.2, 0.25) is 0 Å². The van der Waals surface area contributed by atoms with Gasteiger partial charge in [-0.2, -0.15) is 0 Å². The minimum atomic E-state index is -0.581. The molecule has 0 bridgehead atoms. The average molecular weight is 402 g/mol. The highest BCUT2D eigenvalue weighted by Crippen LogP contribution is 2.15. The van der Waals surface area contributed by atoms with Gasteiger partial charge in [0.25, 0.3) is 11.8 Å². The number of esters is 1. The SMILES string of the molecule is Cc1cccc(C(=O)OCC(=O)Nc2ccccc2C(=O)NCc2ccccc2)c1. The molecular formula is C24H22N2O4. The van der Waals surface area contributed by atoms with E-state index < -0.39 is 18.5 Å². The smallest absolute Gasteiger partial charge is 0.338 e. The maximum atomic E-state index is 12.6. The van der Waals surface area contributed by atoms with Crippen LogP contribution in [0.1, 0.15) is 31.8 Å². The lowest BCUT2D eigenvalue weighted by Gasteiger charge is -2.12. The van der Waals surface area contributed by atoms with E-state index >= 15 is 0 Å². The Morgan fingerprint density at radius 3 is 2.37 bits per heavy atom. The molecule has 0 spiro atoms. The molecule has 0 aliphatic heterocycles. The van der Waals surface area contributed by atoms with Gasteiger partial charge in [-0.05, 0) is 36.8 Å². The number of hydrogen-bond acceptors (Lipinski definition) is 4. The number of amides is 2. The number of anilines is 1. The summed E-state index contributed by atoms with van der Waals surface area (Å²) in [7, 11) is 0. The van der Waals surface area contributed by atoms with Crippen molar-refractivity contribution in [3.05, 3.63) is 101 Å². The normalized spacial score (nSPS) is 10.2. The van der Waals surface area contributed by atoms with Crippen molar-refractivity contribution in [3.63, 3.8) is 0 Å². The van der Waals surface area contributed by atoms with Crippen LogP contribution < -0.4 is 10.6 Å². The number of nitrogens with one attached hydrogen (secondary N) is 2. The predicted molar refractivity (Wildman–Crippen MR) is 114 cm³/mol. The molecule has 152 valence electrons. The summed E-state index contributed by atoms with van der Waals surface area (Å²) >= 11 is 0. The van der Waals surface area contributed by atoms with Crippen molar-refractivity contribution in [1.29, 1.82) is 0 Å². The lowest BCUT2D eigenvalue weighted by molar-refractivity contribution is -0.119. The Labute approximate surface area is 174 Å². The number of aryl methyl sites for hydroxylation is 1. The van der Waals surface area contributed by atoms with Gasteiger partial charge in [0.2, 0.25) is 0 Å². The van der Waals surface area contributed by atoms with E-state index in [0.717, 1.165) is 11.1 Å². The van der Waals surface area contributed by atoms with Gasteiger partial charge in [0.1, 0.15) is 0 Å². The predicted octanol–water partition coefficient (Wildman–Crippen LogP) is 3.72. The van der Waals surface area contributed by atoms with Crippen LogP contribution in [0.15, 0.2) is 78.9 Å². The van der Waals surface area contributed by atoms with Crippen LogP contribution >= 0.6 is 0 Å². The molecule has 0 saturated heterocycles. The summed E-state index contributed by atoms with van der Waals surface area (Å²) in [5.74, 6) is -1.42. The van der Waals surface area contributed by atoms with Crippen molar-refractivity contribution >= 4 is 23.5 Å². The van der Waals surface area contributed by atoms with Crippen LogP contribution in [-0.4, -0.2) is 24.4 Å². The molecule has 3 rings (SSSR count). The number of ether oxygens (including phenoxy) is 1. The summed E-state index contributed by atoms with van der Waals surface area (Å²) in [5, 5.41) is 5.46. The van der Waals surface area contributed by atoms with Gasteiger partial charge >= 0.3 is 5.97 Å². The minimum absolute atomic E-state index is 0.313. The van der Waals surface area contributed by atoms with E-state index in [-0.39, 0.29) is 5.91 Å². The largest absolute Gasteiger partial charge is 0.452 e. The van der Waals surface area contributed by atoms with E-state index in [1.807, 2.05) is 43.3 Å². The van der Waals surface area contributed by atoms with Gasteiger partial charge in [-0.25, -0.2) is 4.79 Å². The molecule has 2 N–H and O–H groups in total. The molecular weight excluding hydrogens is 380 g/mol. The van der Waals surface area contributed by atoms with Gasteiger partial charge in [0, 0.05) is 6.54 Å². The molecule has 0 atom stereocenters. The van der Waals surface area contributed by atoms with E-state index in [1.54, 1.807) is 42.5 Å². The second kappa shape index (κ2) is 10.0. The van der Waals surface area contributed by atoms with Gasteiger partial charge in [0.15, 0.2) is 6.61 Å². The standard InChI is InChI=1S/C24H22N2O4/c1-17-8-7-11-19(14-17)24(29)30-16-22(27)26-21-13-6-5-12-20(21)23(28)25-15-18-9-3-2-4-10-18/h2-14H,15-16H2,1H3,(H,25,28)(H,26,27). The van der Waals surface area contributed by atoms with Crippen LogP contribution in [0.4, 0.5) is 5.69 Å². The zero-order chi connectivity index (χ0) is 21.3. The first-order valence-corrected chi connectivity index (χ1v) is 9.48. The molecule has 0 aliphatic carbocycles. The van der Waals surface area contributed by atoms with Crippen molar-refractivity contribution in [1.82, 2.24) is 5.32 Å². The molecule has 2 amide bonds. The van der Waals surface area contributed by atoms with Gasteiger partial charge in [-0.3, -0.25) is 9.59 Å². The summed E-state index contributed by atoms with van der Waals surface area (Å²) in [6.45, 7) is 1.78. The van der Waals surface area contributed by atoms with E-state index in [4.69, 9.17) is 4.74 Å². The van der Waals surface area contributed by atoms with Gasteiger partial charge in [-0.15, -0.1) is 0 Å². The first-order chi connectivity index (χ1) is 14.5. The van der Waals surface area contributed by atoms with Crippen LogP contribution in [0.25, 0.3) is 0 Å². The fourth-order valence-corrected chi connectivity index (χ4v) is 2.84. The lowest BCUT2D eigenvalue weighted by Crippen LogP contribution is -2.26. The number of para-hydroxylation sites is 1. The van der Waals surface area contributed by atoms with Crippen molar-refractivity contribution in [2.75, 3.05) is 11.9 Å². The molecule has 3 aromatic carbocycles. The van der Waals surface area contributed by atoms with E-state index in [0.29, 0.717) is 23.4 Å². The Balaban J connectivity index is 1.57. The quantitative estimate of drug-likeness (QED) is 0.590. The minimum Gasteiger partial charge on any atom is -0.452 e. The number of hydrogen-bond donors (Lipinski definition) is 2. The van der Waals surface area contributed by atoms with E-state index in [2.05, 4.69) is 10.6 Å².